The van der Waals surface area contributed by atoms with E-state index in [1.165, 1.54) is 12.1 Å². The van der Waals surface area contributed by atoms with E-state index >= 15 is 0 Å². The van der Waals surface area contributed by atoms with Gasteiger partial charge in [0.25, 0.3) is 11.6 Å². The van der Waals surface area contributed by atoms with E-state index in [1.807, 2.05) is 29.6 Å². The number of aromatic nitrogens is 3. The lowest BCUT2D eigenvalue weighted by Crippen LogP contribution is -2.27. The fourth-order valence-corrected chi connectivity index (χ4v) is 2.30. The van der Waals surface area contributed by atoms with E-state index in [4.69, 9.17) is 0 Å². The first-order valence-electron chi connectivity index (χ1n) is 6.04. The summed E-state index contributed by atoms with van der Waals surface area (Å²) in [7, 11) is 1.82. The summed E-state index contributed by atoms with van der Waals surface area (Å²) in [6, 6.07) is 4.20. The minimum absolute atomic E-state index is 0.103. The van der Waals surface area contributed by atoms with Crippen LogP contribution in [0.15, 0.2) is 24.5 Å². The van der Waals surface area contributed by atoms with Crippen LogP contribution in [0.2, 0.25) is 0 Å². The number of nitrogens with one attached hydrogen (secondary N) is 1. The van der Waals surface area contributed by atoms with Gasteiger partial charge in [-0.3, -0.25) is 14.9 Å². The molecule has 21 heavy (non-hydrogen) atoms. The third kappa shape index (κ3) is 3.74. The molecule has 8 nitrogen and oxygen atoms in total. The van der Waals surface area contributed by atoms with Gasteiger partial charge in [0.2, 0.25) is 0 Å². The van der Waals surface area contributed by atoms with Crippen LogP contribution in [-0.4, -0.2) is 32.1 Å². The van der Waals surface area contributed by atoms with Crippen LogP contribution in [0.1, 0.15) is 16.2 Å². The Balaban J connectivity index is 2.01. The second kappa shape index (κ2) is 6.61. The predicted octanol–water partition coefficient (Wildman–Crippen LogP) is 1.30. The number of hydrogen-bond acceptors (Lipinski definition) is 5. The smallest absolute Gasteiger partial charge is 0.270 e. The number of rotatable bonds is 5. The molecule has 1 heterocycles. The number of halogens is 1. The van der Waals surface area contributed by atoms with Gasteiger partial charge in [-0.1, -0.05) is 0 Å². The van der Waals surface area contributed by atoms with Gasteiger partial charge in [-0.2, -0.15) is 0 Å². The van der Waals surface area contributed by atoms with E-state index in [0.29, 0.717) is 22.1 Å². The first kappa shape index (κ1) is 15.4. The first-order chi connectivity index (χ1) is 9.99. The second-order valence-corrected chi connectivity index (χ2v) is 5.45. The van der Waals surface area contributed by atoms with Crippen molar-refractivity contribution >= 4 is 34.2 Å². The lowest BCUT2D eigenvalue weighted by Gasteiger charge is -2.06. The zero-order valence-corrected chi connectivity index (χ0v) is 13.3. The molecule has 0 aliphatic rings. The Bertz CT molecular complexity index is 685. The van der Waals surface area contributed by atoms with Crippen molar-refractivity contribution in [3.8, 4) is 0 Å². The van der Waals surface area contributed by atoms with E-state index in [2.05, 4.69) is 15.5 Å². The minimum atomic E-state index is -0.521. The van der Waals surface area contributed by atoms with Crippen LogP contribution >= 0.6 is 22.6 Å². The molecule has 0 fully saturated rings. The molecule has 1 aromatic carbocycles. The molecule has 1 amide bonds. The molecule has 0 radical (unpaired) electrons. The Hall–Kier alpha value is -2.04. The van der Waals surface area contributed by atoms with Crippen molar-refractivity contribution in [2.24, 2.45) is 7.05 Å². The summed E-state index contributed by atoms with van der Waals surface area (Å²) < 4.78 is 2.43. The number of benzene rings is 1. The predicted molar refractivity (Wildman–Crippen MR) is 82.9 cm³/mol. The summed E-state index contributed by atoms with van der Waals surface area (Å²) in [5, 5.41) is 21.1. The maximum atomic E-state index is 12.1. The maximum absolute atomic E-state index is 12.1. The first-order valence-corrected chi connectivity index (χ1v) is 7.12. The molecule has 0 atom stereocenters. The van der Waals surface area contributed by atoms with Gasteiger partial charge in [0.1, 0.15) is 12.2 Å². The van der Waals surface area contributed by atoms with Gasteiger partial charge in [-0.15, -0.1) is 10.2 Å². The van der Waals surface area contributed by atoms with Gasteiger partial charge in [0, 0.05) is 35.7 Å². The topological polar surface area (TPSA) is 103 Å². The molecule has 2 aromatic rings. The van der Waals surface area contributed by atoms with Crippen LogP contribution in [-0.2, 0) is 13.5 Å². The molecule has 9 heteroatoms. The van der Waals surface area contributed by atoms with Crippen LogP contribution in [0.3, 0.4) is 0 Å². The SMILES string of the molecule is Cn1cnnc1CCNC(=O)c1cc([N+](=O)[O-])ccc1I. The molecule has 0 aliphatic carbocycles. The highest BCUT2D eigenvalue weighted by Crippen LogP contribution is 2.19. The number of amides is 1. The lowest BCUT2D eigenvalue weighted by molar-refractivity contribution is -0.384. The van der Waals surface area contributed by atoms with Crippen LogP contribution in [0, 0.1) is 13.7 Å². The van der Waals surface area contributed by atoms with Crippen molar-refractivity contribution in [3.05, 3.63) is 49.6 Å². The minimum Gasteiger partial charge on any atom is -0.352 e. The Morgan fingerprint density at radius 3 is 2.90 bits per heavy atom. The molecule has 0 saturated carbocycles. The number of nitro benzene ring substituents is 1. The van der Waals surface area contributed by atoms with Gasteiger partial charge in [0.05, 0.1) is 10.5 Å². The highest BCUT2D eigenvalue weighted by molar-refractivity contribution is 14.1. The third-order valence-corrected chi connectivity index (χ3v) is 3.79. The second-order valence-electron chi connectivity index (χ2n) is 4.29. The van der Waals surface area contributed by atoms with Crippen LogP contribution < -0.4 is 5.32 Å². The Kier molecular flexibility index (Phi) is 4.83. The van der Waals surface area contributed by atoms with Crippen LogP contribution in [0.5, 0.6) is 0 Å². The van der Waals surface area contributed by atoms with Gasteiger partial charge >= 0.3 is 0 Å². The molecular formula is C12H12IN5O3. The summed E-state index contributed by atoms with van der Waals surface area (Å²) >= 11 is 1.97. The van der Waals surface area contributed by atoms with E-state index < -0.39 is 4.92 Å². The van der Waals surface area contributed by atoms with Gasteiger partial charge in [0.15, 0.2) is 0 Å². The fraction of sp³-hybridized carbons (Fsp3) is 0.250. The van der Waals surface area contributed by atoms with Crippen molar-refractivity contribution in [2.45, 2.75) is 6.42 Å². The number of nitro groups is 1. The number of aryl methyl sites for hydroxylation is 1. The van der Waals surface area contributed by atoms with Gasteiger partial charge < -0.3 is 9.88 Å². The molecule has 1 aromatic heterocycles. The van der Waals surface area contributed by atoms with Crippen LogP contribution in [0.25, 0.3) is 0 Å². The molecule has 110 valence electrons. The summed E-state index contributed by atoms with van der Waals surface area (Å²) in [4.78, 5) is 22.3. The van der Waals surface area contributed by atoms with E-state index in [-0.39, 0.29) is 11.6 Å². The quantitative estimate of drug-likeness (QED) is 0.462. The van der Waals surface area contributed by atoms with E-state index in [0.717, 1.165) is 5.82 Å². The van der Waals surface area contributed by atoms with Crippen LogP contribution in [0.4, 0.5) is 5.69 Å². The summed E-state index contributed by atoms with van der Waals surface area (Å²) in [6.45, 7) is 0.379. The van der Waals surface area contributed by atoms with Crippen molar-refractivity contribution in [1.29, 1.82) is 0 Å². The van der Waals surface area contributed by atoms with E-state index in [1.54, 1.807) is 17.0 Å². The Labute approximate surface area is 133 Å². The highest BCUT2D eigenvalue weighted by Gasteiger charge is 2.15. The zero-order chi connectivity index (χ0) is 15.4. The van der Waals surface area contributed by atoms with Crippen molar-refractivity contribution in [3.63, 3.8) is 0 Å². The highest BCUT2D eigenvalue weighted by atomic mass is 127. The van der Waals surface area contributed by atoms with Crippen molar-refractivity contribution < 1.29 is 9.72 Å². The average molecular weight is 401 g/mol. The maximum Gasteiger partial charge on any atom is 0.270 e. The van der Waals surface area contributed by atoms with Gasteiger partial charge in [-0.25, -0.2) is 0 Å². The normalized spacial score (nSPS) is 10.4. The standard InChI is InChI=1S/C12H12IN5O3/c1-17-7-15-16-11(17)4-5-14-12(19)9-6-8(18(20)21)2-3-10(9)13/h2-3,6-7H,4-5H2,1H3,(H,14,19). The molecule has 1 N–H and O–H groups in total. The summed E-state index contributed by atoms with van der Waals surface area (Å²) in [5.41, 5.74) is 0.191. The Morgan fingerprint density at radius 1 is 1.52 bits per heavy atom. The molecule has 0 spiro atoms. The molecular weight excluding hydrogens is 389 g/mol. The average Bonchev–Trinajstić information content (AvgIpc) is 2.84. The summed E-state index contributed by atoms with van der Waals surface area (Å²) in [6.07, 6.45) is 2.12. The zero-order valence-electron chi connectivity index (χ0n) is 11.1. The molecule has 2 rings (SSSR count). The van der Waals surface area contributed by atoms with Crippen molar-refractivity contribution in [1.82, 2.24) is 20.1 Å². The largest absolute Gasteiger partial charge is 0.352 e. The number of non-ortho nitro benzene ring substituents is 1. The monoisotopic (exact) mass is 401 g/mol. The lowest BCUT2D eigenvalue weighted by atomic mass is 10.2. The van der Waals surface area contributed by atoms with Gasteiger partial charge in [-0.05, 0) is 28.7 Å². The molecule has 0 unspecified atom stereocenters. The fourth-order valence-electron chi connectivity index (χ4n) is 1.72. The molecule has 0 bridgehead atoms. The molecule has 0 aliphatic heterocycles. The number of nitrogens with zero attached hydrogens (tertiary/aromatic N) is 4. The molecule has 0 saturated heterocycles. The van der Waals surface area contributed by atoms with E-state index in [9.17, 15) is 14.9 Å². The van der Waals surface area contributed by atoms with Crippen molar-refractivity contribution in [2.75, 3.05) is 6.54 Å². The number of carbonyl (C=O) groups excluding carboxylic acids is 1. The third-order valence-electron chi connectivity index (χ3n) is 2.84. The summed E-state index contributed by atoms with van der Waals surface area (Å²) in [5.74, 6) is 0.411. The number of carbonyl (C=O) groups is 1. The number of hydrogen-bond donors (Lipinski definition) is 1. The Morgan fingerprint density at radius 2 is 2.29 bits per heavy atom.